The maximum atomic E-state index is 12.6. The van der Waals surface area contributed by atoms with Crippen LogP contribution >= 0.6 is 0 Å². The minimum Gasteiger partial charge on any atom is -0.508 e. The average Bonchev–Trinajstić information content (AvgIpc) is 2.42. The van der Waals surface area contributed by atoms with Gasteiger partial charge in [0.05, 0.1) is 0 Å². The van der Waals surface area contributed by atoms with Crippen molar-refractivity contribution in [2.24, 2.45) is 0 Å². The Balaban J connectivity index is 2.36. The van der Waals surface area contributed by atoms with Crippen LogP contribution in [0.5, 0.6) is 5.75 Å². The van der Waals surface area contributed by atoms with E-state index in [-0.39, 0.29) is 11.7 Å². The lowest BCUT2D eigenvalue weighted by atomic mass is 10.1. The lowest BCUT2D eigenvalue weighted by Gasteiger charge is -2.21. The number of nitrogen functional groups attached to an aromatic ring is 1. The number of hydrogen-bond donors (Lipinski definition) is 2. The summed E-state index contributed by atoms with van der Waals surface area (Å²) in [5, 5.41) is 9.53. The van der Waals surface area contributed by atoms with E-state index in [4.69, 9.17) is 5.73 Å². The lowest BCUT2D eigenvalue weighted by Crippen LogP contribution is -2.30. The summed E-state index contributed by atoms with van der Waals surface area (Å²) in [4.78, 5) is 14.2. The number of aromatic hydroxyl groups is 1. The molecule has 0 heterocycles. The highest BCUT2D eigenvalue weighted by atomic mass is 16.3. The van der Waals surface area contributed by atoms with Gasteiger partial charge in [-0.1, -0.05) is 6.07 Å². The van der Waals surface area contributed by atoms with Gasteiger partial charge in [0, 0.05) is 23.5 Å². The molecule has 4 heteroatoms. The molecule has 104 valence electrons. The second-order valence-corrected chi connectivity index (χ2v) is 4.65. The predicted molar refractivity (Wildman–Crippen MR) is 81.0 cm³/mol. The number of benzene rings is 2. The third-order valence-corrected chi connectivity index (χ3v) is 3.19. The number of carbonyl (C=O) groups excluding carboxylic acids is 1. The minimum atomic E-state index is -0.110. The zero-order chi connectivity index (χ0) is 14.7. The molecule has 0 aliphatic heterocycles. The van der Waals surface area contributed by atoms with Crippen LogP contribution in [0.3, 0.4) is 0 Å². The van der Waals surface area contributed by atoms with Gasteiger partial charge in [-0.05, 0) is 55.8 Å². The van der Waals surface area contributed by atoms with Crippen molar-refractivity contribution < 1.29 is 9.90 Å². The van der Waals surface area contributed by atoms with Crippen molar-refractivity contribution in [1.82, 2.24) is 0 Å². The van der Waals surface area contributed by atoms with E-state index in [1.54, 1.807) is 36.1 Å². The van der Waals surface area contributed by atoms with Crippen LogP contribution in [0.2, 0.25) is 0 Å². The molecular weight excluding hydrogens is 252 g/mol. The summed E-state index contributed by atoms with van der Waals surface area (Å²) in [6.45, 7) is 4.22. The first-order chi connectivity index (χ1) is 9.52. The highest BCUT2D eigenvalue weighted by Crippen LogP contribution is 2.22. The number of amides is 1. The smallest absolute Gasteiger partial charge is 0.258 e. The second kappa shape index (κ2) is 5.65. The molecule has 0 aliphatic rings. The Morgan fingerprint density at radius 3 is 2.60 bits per heavy atom. The fraction of sp³-hybridized carbons (Fsp3) is 0.188. The highest BCUT2D eigenvalue weighted by Gasteiger charge is 2.16. The van der Waals surface area contributed by atoms with Gasteiger partial charge in [0.15, 0.2) is 0 Å². The van der Waals surface area contributed by atoms with Gasteiger partial charge in [-0.25, -0.2) is 0 Å². The molecule has 2 aromatic rings. The fourth-order valence-corrected chi connectivity index (χ4v) is 2.08. The molecule has 4 nitrogen and oxygen atoms in total. The summed E-state index contributed by atoms with van der Waals surface area (Å²) < 4.78 is 0. The molecule has 0 saturated heterocycles. The molecule has 0 unspecified atom stereocenters. The van der Waals surface area contributed by atoms with Gasteiger partial charge in [-0.3, -0.25) is 4.79 Å². The third kappa shape index (κ3) is 2.74. The van der Waals surface area contributed by atoms with E-state index < -0.39 is 0 Å². The molecule has 0 saturated carbocycles. The fourth-order valence-electron chi connectivity index (χ4n) is 2.08. The zero-order valence-electron chi connectivity index (χ0n) is 11.6. The van der Waals surface area contributed by atoms with Crippen LogP contribution in [-0.2, 0) is 0 Å². The van der Waals surface area contributed by atoms with E-state index in [1.807, 2.05) is 19.1 Å². The zero-order valence-corrected chi connectivity index (χ0v) is 11.6. The van der Waals surface area contributed by atoms with Crippen LogP contribution in [0.1, 0.15) is 22.8 Å². The molecule has 0 atom stereocenters. The van der Waals surface area contributed by atoms with E-state index >= 15 is 0 Å². The van der Waals surface area contributed by atoms with Crippen LogP contribution in [0, 0.1) is 6.92 Å². The summed E-state index contributed by atoms with van der Waals surface area (Å²) in [5.74, 6) is 0.0785. The van der Waals surface area contributed by atoms with Gasteiger partial charge in [0.2, 0.25) is 0 Å². The highest BCUT2D eigenvalue weighted by molar-refractivity contribution is 6.06. The van der Waals surface area contributed by atoms with Crippen molar-refractivity contribution in [1.29, 1.82) is 0 Å². The van der Waals surface area contributed by atoms with Crippen molar-refractivity contribution in [3.63, 3.8) is 0 Å². The van der Waals surface area contributed by atoms with Gasteiger partial charge in [0.25, 0.3) is 5.91 Å². The molecule has 0 aliphatic carbocycles. The lowest BCUT2D eigenvalue weighted by molar-refractivity contribution is 0.0988. The van der Waals surface area contributed by atoms with Gasteiger partial charge in [-0.2, -0.15) is 0 Å². The van der Waals surface area contributed by atoms with Gasteiger partial charge < -0.3 is 15.7 Å². The molecule has 1 amide bonds. The number of anilines is 2. The number of aryl methyl sites for hydroxylation is 1. The first-order valence-corrected chi connectivity index (χ1v) is 6.50. The predicted octanol–water partition coefficient (Wildman–Crippen LogP) is 2.95. The van der Waals surface area contributed by atoms with Gasteiger partial charge in [0.1, 0.15) is 5.75 Å². The molecule has 0 spiro atoms. The number of rotatable bonds is 3. The number of phenolic OH excluding ortho intramolecular Hbond substituents is 1. The molecule has 2 rings (SSSR count). The van der Waals surface area contributed by atoms with Crippen LogP contribution in [0.25, 0.3) is 0 Å². The molecule has 0 radical (unpaired) electrons. The Morgan fingerprint density at radius 2 is 2.00 bits per heavy atom. The van der Waals surface area contributed by atoms with E-state index in [9.17, 15) is 9.90 Å². The molecule has 0 bridgehead atoms. The number of carbonyl (C=O) groups is 1. The molecule has 0 aromatic heterocycles. The first kappa shape index (κ1) is 13.9. The van der Waals surface area contributed by atoms with Crippen LogP contribution in [0.4, 0.5) is 11.4 Å². The van der Waals surface area contributed by atoms with Crippen molar-refractivity contribution in [3.8, 4) is 5.75 Å². The quantitative estimate of drug-likeness (QED) is 0.843. The topological polar surface area (TPSA) is 66.6 Å². The van der Waals surface area contributed by atoms with Crippen molar-refractivity contribution in [2.45, 2.75) is 13.8 Å². The Bertz CT molecular complexity index is 638. The van der Waals surface area contributed by atoms with Crippen molar-refractivity contribution in [2.75, 3.05) is 17.2 Å². The summed E-state index contributed by atoms with van der Waals surface area (Å²) in [6, 6.07) is 12.1. The maximum Gasteiger partial charge on any atom is 0.258 e. The summed E-state index contributed by atoms with van der Waals surface area (Å²) in [6.07, 6.45) is 0. The molecule has 2 aromatic carbocycles. The van der Waals surface area contributed by atoms with E-state index in [0.717, 1.165) is 5.69 Å². The SMILES string of the molecule is CCN(C(=O)c1ccc(O)c(C)c1)c1cccc(N)c1. The van der Waals surface area contributed by atoms with E-state index in [0.29, 0.717) is 23.4 Å². The van der Waals surface area contributed by atoms with Crippen LogP contribution in [-0.4, -0.2) is 17.6 Å². The largest absolute Gasteiger partial charge is 0.508 e. The molecule has 20 heavy (non-hydrogen) atoms. The normalized spacial score (nSPS) is 10.3. The Labute approximate surface area is 118 Å². The number of nitrogens with zero attached hydrogens (tertiary/aromatic N) is 1. The number of hydrogen-bond acceptors (Lipinski definition) is 3. The van der Waals surface area contributed by atoms with Gasteiger partial charge in [-0.15, -0.1) is 0 Å². The standard InChI is InChI=1S/C16H18N2O2/c1-3-18(14-6-4-5-13(17)10-14)16(20)12-7-8-15(19)11(2)9-12/h4-10,19H,3,17H2,1-2H3. The third-order valence-electron chi connectivity index (χ3n) is 3.19. The summed E-state index contributed by atoms with van der Waals surface area (Å²) in [5.41, 5.74) is 8.38. The summed E-state index contributed by atoms with van der Waals surface area (Å²) in [7, 11) is 0. The number of phenols is 1. The molecule has 0 fully saturated rings. The van der Waals surface area contributed by atoms with Crippen molar-refractivity contribution in [3.05, 3.63) is 53.6 Å². The van der Waals surface area contributed by atoms with Crippen molar-refractivity contribution >= 4 is 17.3 Å². The molecule has 3 N–H and O–H groups in total. The monoisotopic (exact) mass is 270 g/mol. The Hall–Kier alpha value is -2.49. The summed E-state index contributed by atoms with van der Waals surface area (Å²) >= 11 is 0. The Kier molecular flexibility index (Phi) is 3.94. The van der Waals surface area contributed by atoms with Gasteiger partial charge >= 0.3 is 0 Å². The van der Waals surface area contributed by atoms with Crippen LogP contribution in [0.15, 0.2) is 42.5 Å². The van der Waals surface area contributed by atoms with Crippen LogP contribution < -0.4 is 10.6 Å². The average molecular weight is 270 g/mol. The second-order valence-electron chi connectivity index (χ2n) is 4.65. The first-order valence-electron chi connectivity index (χ1n) is 6.50. The Morgan fingerprint density at radius 1 is 1.25 bits per heavy atom. The molecular formula is C16H18N2O2. The minimum absolute atomic E-state index is 0.110. The van der Waals surface area contributed by atoms with E-state index in [2.05, 4.69) is 0 Å². The number of nitrogens with two attached hydrogens (primary N) is 1. The van der Waals surface area contributed by atoms with E-state index in [1.165, 1.54) is 6.07 Å². The maximum absolute atomic E-state index is 12.6.